The first-order valence-electron chi connectivity index (χ1n) is 8.88. The van der Waals surface area contributed by atoms with Gasteiger partial charge in [-0.25, -0.2) is 0 Å². The minimum atomic E-state index is -5.18. The third kappa shape index (κ3) is 2.49. The Bertz CT molecular complexity index is 769. The van der Waals surface area contributed by atoms with Crippen LogP contribution in [0.25, 0.3) is 0 Å². The summed E-state index contributed by atoms with van der Waals surface area (Å²) < 4.78 is 77.3. The summed E-state index contributed by atoms with van der Waals surface area (Å²) in [4.78, 5) is 0. The molecule has 0 aliphatic heterocycles. The first-order chi connectivity index (χ1) is 11.4. The molecule has 0 atom stereocenters. The standard InChI is InChI=1S/2C6H5.2ClH.Sn/c2*1-2-4-6-5-3-1;;;/h2*1-5H;2*1H;/q;;;;+2/p-2/i2*1D,2D,3D,4D,5D;;;. The van der Waals surface area contributed by atoms with Crippen LogP contribution >= 0.6 is 17.8 Å². The summed E-state index contributed by atoms with van der Waals surface area (Å²) in [5.41, 5.74) is 0. The third-order valence-corrected chi connectivity index (χ3v) is 11.7. The molecule has 0 unspecified atom stereocenters. The van der Waals surface area contributed by atoms with E-state index in [0.717, 1.165) is 0 Å². The van der Waals surface area contributed by atoms with Crippen LogP contribution in [0.4, 0.5) is 0 Å². The number of hydrogen-bond donors (Lipinski definition) is 0. The minimum absolute atomic E-state index is 0.373. The average molecular weight is 354 g/mol. The summed E-state index contributed by atoms with van der Waals surface area (Å²) in [7, 11) is 12.9. The van der Waals surface area contributed by atoms with Crippen LogP contribution in [0.15, 0.2) is 60.4 Å². The van der Waals surface area contributed by atoms with E-state index in [1.54, 1.807) is 0 Å². The molecule has 76 valence electrons. The molecule has 0 radical (unpaired) electrons. The van der Waals surface area contributed by atoms with Gasteiger partial charge in [0.1, 0.15) is 0 Å². The van der Waals surface area contributed by atoms with E-state index in [9.17, 15) is 0 Å². The molecule has 0 N–H and O–H groups in total. The van der Waals surface area contributed by atoms with Gasteiger partial charge in [0.15, 0.2) is 0 Å². The Kier molecular flexibility index (Phi) is 1.35. The zero-order valence-electron chi connectivity index (χ0n) is 17.3. The molecule has 0 aliphatic rings. The van der Waals surface area contributed by atoms with Gasteiger partial charge >= 0.3 is 115 Å². The number of hydrogen-bond acceptors (Lipinski definition) is 0. The maximum absolute atomic E-state index is 7.99. The zero-order chi connectivity index (χ0) is 19.4. The van der Waals surface area contributed by atoms with Crippen molar-refractivity contribution in [2.75, 3.05) is 0 Å². The molecule has 0 nitrogen and oxygen atoms in total. The third-order valence-electron chi connectivity index (χ3n) is 1.63. The second kappa shape index (κ2) is 4.77. The molecule has 2 rings (SSSR count). The Morgan fingerprint density at radius 1 is 0.733 bits per heavy atom. The van der Waals surface area contributed by atoms with Gasteiger partial charge in [-0.15, -0.1) is 0 Å². The van der Waals surface area contributed by atoms with Crippen LogP contribution in [0.2, 0.25) is 0 Å². The molecular weight excluding hydrogens is 334 g/mol. The molecule has 3 heteroatoms. The molecule has 15 heavy (non-hydrogen) atoms. The van der Waals surface area contributed by atoms with E-state index in [2.05, 4.69) is 0 Å². The van der Waals surface area contributed by atoms with Crippen LogP contribution in [0, 0.1) is 0 Å². The first kappa shape index (κ1) is 4.24. The predicted octanol–water partition coefficient (Wildman–Crippen LogP) is 2.72. The van der Waals surface area contributed by atoms with Crippen molar-refractivity contribution in [1.82, 2.24) is 0 Å². The fraction of sp³-hybridized carbons (Fsp3) is 0. The van der Waals surface area contributed by atoms with Crippen molar-refractivity contribution < 1.29 is 13.7 Å². The van der Waals surface area contributed by atoms with Gasteiger partial charge in [-0.2, -0.15) is 0 Å². The Balaban J connectivity index is 2.96. The molecule has 2 aromatic rings. The van der Waals surface area contributed by atoms with Crippen molar-refractivity contribution in [1.29, 1.82) is 0 Å². The van der Waals surface area contributed by atoms with E-state index < -0.39 is 76.5 Å². The molecule has 0 heterocycles. The van der Waals surface area contributed by atoms with Gasteiger partial charge in [-0.3, -0.25) is 0 Å². The average Bonchev–Trinajstić information content (AvgIpc) is 2.54. The van der Waals surface area contributed by atoms with Gasteiger partial charge in [0.25, 0.3) is 0 Å². The van der Waals surface area contributed by atoms with E-state index >= 15 is 0 Å². The molecule has 0 spiro atoms. The van der Waals surface area contributed by atoms with Crippen LogP contribution in [0.3, 0.4) is 0 Å². The van der Waals surface area contributed by atoms with Crippen molar-refractivity contribution in [3.8, 4) is 0 Å². The summed E-state index contributed by atoms with van der Waals surface area (Å²) in [6.07, 6.45) is 0. The summed E-state index contributed by atoms with van der Waals surface area (Å²) in [6, 6.07) is -6.35. The normalized spacial score (nSPS) is 20.7. The van der Waals surface area contributed by atoms with Gasteiger partial charge in [-0.05, 0) is 0 Å². The van der Waals surface area contributed by atoms with Gasteiger partial charge in [-0.1, -0.05) is 0 Å². The van der Waals surface area contributed by atoms with E-state index in [0.29, 0.717) is 0 Å². The molecule has 0 saturated carbocycles. The molecule has 0 bridgehead atoms. The van der Waals surface area contributed by atoms with Crippen LogP contribution in [-0.2, 0) is 0 Å². The Morgan fingerprint density at radius 2 is 1.07 bits per heavy atom. The van der Waals surface area contributed by atoms with Crippen LogP contribution in [-0.4, -0.2) is 16.1 Å². The fourth-order valence-corrected chi connectivity index (χ4v) is 6.69. The van der Waals surface area contributed by atoms with Crippen molar-refractivity contribution in [3.63, 3.8) is 0 Å². The Morgan fingerprint density at radius 3 is 1.40 bits per heavy atom. The van der Waals surface area contributed by atoms with Gasteiger partial charge in [0, 0.05) is 0 Å². The van der Waals surface area contributed by atoms with Crippen molar-refractivity contribution in [2.45, 2.75) is 0 Å². The molecule has 0 amide bonds. The van der Waals surface area contributed by atoms with Gasteiger partial charge < -0.3 is 0 Å². The second-order valence-electron chi connectivity index (χ2n) is 2.57. The summed E-state index contributed by atoms with van der Waals surface area (Å²) >= 11 is -5.18. The zero-order valence-corrected chi connectivity index (χ0v) is 11.6. The summed E-state index contributed by atoms with van der Waals surface area (Å²) in [6.45, 7) is 0. The molecule has 0 aliphatic carbocycles. The number of halogens is 2. The van der Waals surface area contributed by atoms with Crippen molar-refractivity contribution in [3.05, 3.63) is 60.4 Å². The summed E-state index contributed by atoms with van der Waals surface area (Å²) in [5.74, 6) is 0. The van der Waals surface area contributed by atoms with Gasteiger partial charge in [0.05, 0.1) is 0 Å². The molecule has 2 aromatic carbocycles. The Labute approximate surface area is 115 Å². The molecule has 0 saturated heterocycles. The van der Waals surface area contributed by atoms with E-state index in [1.807, 2.05) is 0 Å². The van der Waals surface area contributed by atoms with E-state index in [-0.39, 0.29) is 7.16 Å². The predicted molar refractivity (Wildman–Crippen MR) is 69.6 cm³/mol. The van der Waals surface area contributed by atoms with Crippen LogP contribution < -0.4 is 7.16 Å². The molecule has 0 aromatic heterocycles. The van der Waals surface area contributed by atoms with Crippen molar-refractivity contribution >= 4 is 41.1 Å². The number of benzene rings is 2. The Hall–Kier alpha value is -0.181. The van der Waals surface area contributed by atoms with Crippen LogP contribution in [0.5, 0.6) is 0 Å². The van der Waals surface area contributed by atoms with Gasteiger partial charge in [0.2, 0.25) is 0 Å². The summed E-state index contributed by atoms with van der Waals surface area (Å²) in [5, 5.41) is 0. The SMILES string of the molecule is [2H]c1c([2H])c([2H])[c]([Sn]([Cl])([Cl])[c]2c([2H])c([2H])c([2H])c([2H])c2[2H])c([2H])c1[2H]. The van der Waals surface area contributed by atoms with E-state index in [1.165, 1.54) is 0 Å². The molecular formula is C12H10Cl2Sn. The van der Waals surface area contributed by atoms with Crippen LogP contribution in [0.1, 0.15) is 13.7 Å². The second-order valence-corrected chi connectivity index (χ2v) is 17.6. The molecule has 0 fully saturated rings. The fourth-order valence-electron chi connectivity index (χ4n) is 0.939. The topological polar surface area (TPSA) is 0 Å². The maximum atomic E-state index is 7.99. The monoisotopic (exact) mass is 354 g/mol. The number of rotatable bonds is 2. The van der Waals surface area contributed by atoms with Crippen molar-refractivity contribution in [2.24, 2.45) is 0 Å². The first-order valence-corrected chi connectivity index (χ1v) is 14.0. The van der Waals surface area contributed by atoms with E-state index in [4.69, 9.17) is 31.5 Å². The quantitative estimate of drug-likeness (QED) is 0.728.